The molecule has 1 atom stereocenters. The van der Waals surface area contributed by atoms with Crippen molar-refractivity contribution < 1.29 is 0 Å². The van der Waals surface area contributed by atoms with Crippen LogP contribution >= 0.6 is 11.8 Å². The van der Waals surface area contributed by atoms with E-state index in [0.717, 1.165) is 11.6 Å². The quantitative estimate of drug-likeness (QED) is 0.517. The van der Waals surface area contributed by atoms with E-state index in [0.29, 0.717) is 11.7 Å². The maximum atomic E-state index is 5.47. The second kappa shape index (κ2) is 6.04. The van der Waals surface area contributed by atoms with Crippen LogP contribution < -0.4 is 11.3 Å². The molecular weight excluding hydrogens is 212 g/mol. The van der Waals surface area contributed by atoms with Crippen LogP contribution in [0.4, 0.5) is 0 Å². The third-order valence-electron chi connectivity index (χ3n) is 1.85. The van der Waals surface area contributed by atoms with Crippen LogP contribution in [0.3, 0.4) is 0 Å². The molecule has 0 radical (unpaired) electrons. The summed E-state index contributed by atoms with van der Waals surface area (Å²) in [5.41, 5.74) is 2.78. The number of nitrogens with zero attached hydrogens (tertiary/aromatic N) is 4. The second-order valence-electron chi connectivity index (χ2n) is 3.64. The summed E-state index contributed by atoms with van der Waals surface area (Å²) < 4.78 is 0. The van der Waals surface area contributed by atoms with Crippen LogP contribution in [-0.4, -0.2) is 37.3 Å². The number of hydrazine groups is 1. The first-order chi connectivity index (χ1) is 7.11. The maximum Gasteiger partial charge on any atom is 0.176 e. The fourth-order valence-corrected chi connectivity index (χ4v) is 1.93. The smallest absolute Gasteiger partial charge is 0.176 e. The third kappa shape index (κ3) is 4.59. The molecule has 0 aliphatic carbocycles. The molecule has 1 unspecified atom stereocenters. The van der Waals surface area contributed by atoms with Gasteiger partial charge < -0.3 is 0 Å². The summed E-state index contributed by atoms with van der Waals surface area (Å²) in [5.74, 6) is 7.15. The van der Waals surface area contributed by atoms with Crippen LogP contribution in [0, 0.1) is 0 Å². The van der Waals surface area contributed by atoms with Crippen molar-refractivity contribution in [2.75, 3.05) is 5.75 Å². The van der Waals surface area contributed by atoms with Gasteiger partial charge in [-0.1, -0.05) is 13.8 Å². The van der Waals surface area contributed by atoms with Crippen LogP contribution in [0.2, 0.25) is 0 Å². The third-order valence-corrected chi connectivity index (χ3v) is 3.11. The molecule has 0 aliphatic rings. The van der Waals surface area contributed by atoms with E-state index in [1.807, 2.05) is 11.8 Å². The van der Waals surface area contributed by atoms with E-state index in [9.17, 15) is 0 Å². The van der Waals surface area contributed by atoms with E-state index in [1.165, 1.54) is 4.80 Å². The van der Waals surface area contributed by atoms with E-state index in [4.69, 9.17) is 5.84 Å². The molecule has 0 saturated carbocycles. The molecule has 0 saturated heterocycles. The summed E-state index contributed by atoms with van der Waals surface area (Å²) in [7, 11) is 1.75. The number of aryl methyl sites for hydroxylation is 1. The molecule has 0 aliphatic heterocycles. The normalized spacial score (nSPS) is 13.4. The van der Waals surface area contributed by atoms with E-state index < -0.39 is 0 Å². The van der Waals surface area contributed by atoms with Crippen LogP contribution in [0.5, 0.6) is 0 Å². The lowest BCUT2D eigenvalue weighted by Gasteiger charge is -2.14. The summed E-state index contributed by atoms with van der Waals surface area (Å²) in [6, 6.07) is 0.196. The summed E-state index contributed by atoms with van der Waals surface area (Å²) in [4.78, 5) is 1.46. The highest BCUT2D eigenvalue weighted by molar-refractivity contribution is 7.99. The molecule has 1 aromatic rings. The first kappa shape index (κ1) is 12.4. The number of rotatable bonds is 6. The number of tetrazole rings is 1. The summed E-state index contributed by atoms with van der Waals surface area (Å²) in [5, 5.41) is 12.4. The molecule has 86 valence electrons. The largest absolute Gasteiger partial charge is 0.271 e. The van der Waals surface area contributed by atoms with Gasteiger partial charge in [-0.25, -0.2) is 0 Å². The van der Waals surface area contributed by atoms with Crippen LogP contribution in [0.1, 0.15) is 19.7 Å². The van der Waals surface area contributed by atoms with Crippen molar-refractivity contribution in [1.82, 2.24) is 25.6 Å². The molecule has 6 nitrogen and oxygen atoms in total. The summed E-state index contributed by atoms with van der Waals surface area (Å²) >= 11 is 1.86. The first-order valence-electron chi connectivity index (χ1n) is 4.92. The topological polar surface area (TPSA) is 81.7 Å². The maximum absolute atomic E-state index is 5.47. The fourth-order valence-electron chi connectivity index (χ4n) is 1.10. The van der Waals surface area contributed by atoms with Gasteiger partial charge in [-0.05, 0) is 10.5 Å². The van der Waals surface area contributed by atoms with Gasteiger partial charge in [-0.3, -0.25) is 11.3 Å². The minimum Gasteiger partial charge on any atom is -0.271 e. The summed E-state index contributed by atoms with van der Waals surface area (Å²) in [6.45, 7) is 4.33. The minimum absolute atomic E-state index is 0.196. The van der Waals surface area contributed by atoms with Gasteiger partial charge in [0.2, 0.25) is 0 Å². The number of nitrogens with two attached hydrogens (primary N) is 1. The van der Waals surface area contributed by atoms with Gasteiger partial charge in [0.1, 0.15) is 0 Å². The average Bonchev–Trinajstić information content (AvgIpc) is 2.58. The van der Waals surface area contributed by atoms with Crippen LogP contribution in [-0.2, 0) is 13.5 Å². The Balaban J connectivity index is 2.39. The zero-order valence-corrected chi connectivity index (χ0v) is 10.2. The van der Waals surface area contributed by atoms with Gasteiger partial charge >= 0.3 is 0 Å². The van der Waals surface area contributed by atoms with Crippen LogP contribution in [0.25, 0.3) is 0 Å². The highest BCUT2D eigenvalue weighted by Crippen LogP contribution is 2.11. The molecule has 0 spiro atoms. The van der Waals surface area contributed by atoms with Crippen molar-refractivity contribution in [1.29, 1.82) is 0 Å². The highest BCUT2D eigenvalue weighted by atomic mass is 32.2. The van der Waals surface area contributed by atoms with Gasteiger partial charge in [-0.15, -0.1) is 10.2 Å². The predicted octanol–water partition coefficient (Wildman–Crippen LogP) is -0.274. The van der Waals surface area contributed by atoms with E-state index in [2.05, 4.69) is 34.7 Å². The van der Waals surface area contributed by atoms with Crippen LogP contribution in [0.15, 0.2) is 0 Å². The molecule has 1 heterocycles. The molecule has 0 aromatic carbocycles. The number of nitrogens with one attached hydrogen (secondary N) is 1. The number of hydrogen-bond acceptors (Lipinski definition) is 6. The van der Waals surface area contributed by atoms with Crippen molar-refractivity contribution in [2.45, 2.75) is 31.6 Å². The Bertz CT molecular complexity index is 286. The van der Waals surface area contributed by atoms with Crippen molar-refractivity contribution in [3.05, 3.63) is 5.82 Å². The number of aromatic nitrogens is 4. The Morgan fingerprint density at radius 1 is 1.53 bits per heavy atom. The lowest BCUT2D eigenvalue weighted by atomic mass is 10.2. The Labute approximate surface area is 94.0 Å². The first-order valence-corrected chi connectivity index (χ1v) is 5.97. The Hall–Kier alpha value is -0.660. The van der Waals surface area contributed by atoms with E-state index >= 15 is 0 Å². The molecule has 7 heteroatoms. The molecule has 1 aromatic heterocycles. The zero-order chi connectivity index (χ0) is 11.3. The molecule has 15 heavy (non-hydrogen) atoms. The van der Waals surface area contributed by atoms with Gasteiger partial charge in [0.15, 0.2) is 5.82 Å². The molecule has 0 amide bonds. The van der Waals surface area contributed by atoms with Gasteiger partial charge in [-0.2, -0.15) is 16.6 Å². The minimum atomic E-state index is 0.196. The van der Waals surface area contributed by atoms with Gasteiger partial charge in [0, 0.05) is 18.2 Å². The van der Waals surface area contributed by atoms with Crippen molar-refractivity contribution in [3.8, 4) is 0 Å². The van der Waals surface area contributed by atoms with Crippen molar-refractivity contribution in [2.24, 2.45) is 12.9 Å². The second-order valence-corrected chi connectivity index (χ2v) is 5.25. The van der Waals surface area contributed by atoms with E-state index in [1.54, 1.807) is 7.05 Å². The fraction of sp³-hybridized carbons (Fsp3) is 0.875. The Kier molecular flexibility index (Phi) is 5.00. The monoisotopic (exact) mass is 230 g/mol. The molecule has 0 fully saturated rings. The van der Waals surface area contributed by atoms with Crippen molar-refractivity contribution >= 4 is 11.8 Å². The lowest BCUT2D eigenvalue weighted by Crippen LogP contribution is -2.39. The van der Waals surface area contributed by atoms with Gasteiger partial charge in [0.05, 0.1) is 7.05 Å². The number of thioether (sulfide) groups is 1. The standard InChI is InChI=1S/C8H18N6S/c1-6(2)15-5-7(10-9)4-8-11-13-14(3)12-8/h6-7,10H,4-5,9H2,1-3H3. The Morgan fingerprint density at radius 2 is 2.27 bits per heavy atom. The van der Waals surface area contributed by atoms with E-state index in [-0.39, 0.29) is 6.04 Å². The molecule has 3 N–H and O–H groups in total. The molecule has 1 rings (SSSR count). The zero-order valence-electron chi connectivity index (χ0n) is 9.34. The van der Waals surface area contributed by atoms with Gasteiger partial charge in [0.25, 0.3) is 0 Å². The molecule has 0 bridgehead atoms. The summed E-state index contributed by atoms with van der Waals surface area (Å²) in [6.07, 6.45) is 0.712. The molecular formula is C8H18N6S. The lowest BCUT2D eigenvalue weighted by molar-refractivity contribution is 0.557. The average molecular weight is 230 g/mol. The predicted molar refractivity (Wildman–Crippen MR) is 61.2 cm³/mol. The van der Waals surface area contributed by atoms with Crippen molar-refractivity contribution in [3.63, 3.8) is 0 Å². The Morgan fingerprint density at radius 3 is 2.73 bits per heavy atom. The number of hydrogen-bond donors (Lipinski definition) is 2. The highest BCUT2D eigenvalue weighted by Gasteiger charge is 2.12. The SMILES string of the molecule is CC(C)SCC(Cc1nnn(C)n1)NN.